The zero-order valence-corrected chi connectivity index (χ0v) is 64.6. The number of benzene rings is 11. The first-order chi connectivity index (χ1) is 54.8. The molecule has 0 unspecified atom stereocenters. The van der Waals surface area contributed by atoms with E-state index in [-0.39, 0.29) is 174 Å². The van der Waals surface area contributed by atoms with Crippen LogP contribution in [0.4, 0.5) is 0 Å². The smallest absolute Gasteiger partial charge is 0.262 e. The van der Waals surface area contributed by atoms with Gasteiger partial charge in [0.1, 0.15) is 59.1 Å². The fourth-order valence-electron chi connectivity index (χ4n) is 14.3. The number of carbonyl (C=O) groups is 10. The molecule has 13 rings (SSSR count). The standard InChI is InChI=1S/C94H86N6O14/c1-55(2)73(101)25-17-23-59-27-35-65(36-28-59)111-75-47-69-81-70(92(108)99(91(69)107)53-79(103)97(9)51-63-19-13-11-14-20-63)48-76(112-66-37-29-60(30-38-66)24-18-26-74(102)56(3)4)84-86-78(114-68-41-33-62(34-42-68)44-46-96-90(106)58(7)8)50-72-82-71(93(109)100(94(72)110)54-80(104)98(10)52-64-21-15-12-16-22-64)49-77(85(88(82)86)83(75)87(81)84)113-67-39-31-61(32-40-67)43-45-95-89(105)57(5)6/h11-16,19-22,27-42,47-50H,1,3,5,7,17-18,23-26,43-46,51-54H2,2,4,6,8-10H3,(H,95,105)(H,96,106). The third-order valence-electron chi connectivity index (χ3n) is 20.5. The minimum atomic E-state index is -0.843. The molecule has 0 aliphatic carbocycles. The Kier molecular flexibility index (Phi) is 23.4. The summed E-state index contributed by atoms with van der Waals surface area (Å²) in [5, 5.41) is 7.20. The predicted molar refractivity (Wildman–Crippen MR) is 439 cm³/mol. The summed E-state index contributed by atoms with van der Waals surface area (Å²) in [5.74, 6) is -4.08. The van der Waals surface area contributed by atoms with Gasteiger partial charge >= 0.3 is 0 Å². The molecule has 2 aliphatic heterocycles. The molecule has 11 aromatic carbocycles. The highest BCUT2D eigenvalue weighted by Gasteiger charge is 2.43. The average molecular weight is 1520 g/mol. The normalized spacial score (nSPS) is 12.3. The molecule has 2 aliphatic rings. The summed E-state index contributed by atoms with van der Waals surface area (Å²) >= 11 is 0. The van der Waals surface area contributed by atoms with E-state index >= 15 is 19.2 Å². The molecule has 0 radical (unpaired) electrons. The van der Waals surface area contributed by atoms with Crippen molar-refractivity contribution in [1.82, 2.24) is 30.2 Å². The van der Waals surface area contributed by atoms with E-state index < -0.39 is 48.5 Å². The second-order valence-electron chi connectivity index (χ2n) is 29.2. The van der Waals surface area contributed by atoms with E-state index in [0.717, 1.165) is 43.2 Å². The van der Waals surface area contributed by atoms with Crippen molar-refractivity contribution < 1.29 is 66.9 Å². The predicted octanol–water partition coefficient (Wildman–Crippen LogP) is 16.8. The largest absolute Gasteiger partial charge is 0.457 e. The third-order valence-corrected chi connectivity index (χ3v) is 20.5. The van der Waals surface area contributed by atoms with Crippen molar-refractivity contribution in [2.45, 2.75) is 92.2 Å². The van der Waals surface area contributed by atoms with Crippen molar-refractivity contribution in [2.75, 3.05) is 40.3 Å². The van der Waals surface area contributed by atoms with Crippen molar-refractivity contribution >= 4 is 102 Å². The number of imide groups is 2. The molecule has 0 spiro atoms. The lowest BCUT2D eigenvalue weighted by atomic mass is 9.80. The summed E-state index contributed by atoms with van der Waals surface area (Å²) < 4.78 is 29.0. The van der Waals surface area contributed by atoms with Crippen molar-refractivity contribution in [2.24, 2.45) is 0 Å². The van der Waals surface area contributed by atoms with Gasteiger partial charge in [0.2, 0.25) is 23.6 Å². The number of nitrogens with zero attached hydrogens (tertiary/aromatic N) is 4. The van der Waals surface area contributed by atoms with Crippen LogP contribution < -0.4 is 29.6 Å². The molecule has 8 amide bonds. The van der Waals surface area contributed by atoms with Crippen molar-refractivity contribution in [3.8, 4) is 46.0 Å². The van der Waals surface area contributed by atoms with Crippen LogP contribution in [0.25, 0.3) is 43.1 Å². The lowest BCUT2D eigenvalue weighted by Crippen LogP contribution is -2.46. The van der Waals surface area contributed by atoms with E-state index in [9.17, 15) is 28.8 Å². The number of Topliss-reactive ketones (excluding diaryl/α,β-unsaturated/α-hetero) is 2. The molecule has 0 saturated carbocycles. The highest BCUT2D eigenvalue weighted by molar-refractivity contribution is 6.45. The molecule has 11 aromatic rings. The first-order valence-electron chi connectivity index (χ1n) is 37.7. The highest BCUT2D eigenvalue weighted by Crippen LogP contribution is 2.58. The molecule has 114 heavy (non-hydrogen) atoms. The summed E-state index contributed by atoms with van der Waals surface area (Å²) in [7, 11) is 3.18. The topological polar surface area (TPSA) is 245 Å². The van der Waals surface area contributed by atoms with Crippen LogP contribution in [0.5, 0.6) is 46.0 Å². The second kappa shape index (κ2) is 33.9. The van der Waals surface area contributed by atoms with Crippen LogP contribution in [-0.2, 0) is 67.5 Å². The highest BCUT2D eigenvalue weighted by atomic mass is 16.5. The Labute approximate surface area is 660 Å². The summed E-state index contributed by atoms with van der Waals surface area (Å²) in [5.41, 5.74) is 6.44. The second-order valence-corrected chi connectivity index (χ2v) is 29.2. The van der Waals surface area contributed by atoms with E-state index in [0.29, 0.717) is 60.8 Å². The fraction of sp³-hybridized carbons (Fsp3) is 0.213. The Hall–Kier alpha value is -13.6. The number of carbonyl (C=O) groups excluding carboxylic acids is 10. The number of fused-ring (bicyclic) bond motifs is 2. The van der Waals surface area contributed by atoms with Gasteiger partial charge in [0.15, 0.2) is 11.6 Å². The van der Waals surface area contributed by atoms with E-state index in [1.165, 1.54) is 34.1 Å². The molecule has 0 saturated heterocycles. The summed E-state index contributed by atoms with van der Waals surface area (Å²) in [6.45, 7) is 21.3. The van der Waals surface area contributed by atoms with E-state index in [1.54, 1.807) is 90.3 Å². The van der Waals surface area contributed by atoms with Crippen molar-refractivity contribution in [3.63, 3.8) is 0 Å². The van der Waals surface area contributed by atoms with Gasteiger partial charge in [0.05, 0.1) is 22.3 Å². The van der Waals surface area contributed by atoms with Gasteiger partial charge in [-0.25, -0.2) is 0 Å². The number of nitrogens with one attached hydrogen (secondary N) is 2. The van der Waals surface area contributed by atoms with Crippen LogP contribution in [0, 0.1) is 0 Å². The zero-order chi connectivity index (χ0) is 80.8. The molecule has 0 aromatic heterocycles. The number of allylic oxidation sites excluding steroid dienone is 2. The van der Waals surface area contributed by atoms with Crippen LogP contribution in [0.15, 0.2) is 231 Å². The molecule has 20 nitrogen and oxygen atoms in total. The number of ketones is 2. The number of likely N-dealkylation sites (N-methyl/N-ethyl adjacent to an activating group) is 2. The van der Waals surface area contributed by atoms with Gasteiger partial charge in [-0.3, -0.25) is 57.7 Å². The van der Waals surface area contributed by atoms with Gasteiger partial charge in [-0.15, -0.1) is 0 Å². The fourth-order valence-corrected chi connectivity index (χ4v) is 14.3. The molecule has 576 valence electrons. The number of ether oxygens (including phenoxy) is 4. The van der Waals surface area contributed by atoms with Crippen LogP contribution in [0.1, 0.15) is 128 Å². The Bertz CT molecular complexity index is 5120. The zero-order valence-electron chi connectivity index (χ0n) is 64.6. The van der Waals surface area contributed by atoms with Gasteiger partial charge in [-0.1, -0.05) is 136 Å². The van der Waals surface area contributed by atoms with E-state index in [4.69, 9.17) is 18.9 Å². The maximum absolute atomic E-state index is 16.1. The first kappa shape index (κ1) is 78.5. The summed E-state index contributed by atoms with van der Waals surface area (Å²) in [4.78, 5) is 149. The minimum Gasteiger partial charge on any atom is -0.457 e. The van der Waals surface area contributed by atoms with Crippen molar-refractivity contribution in [1.29, 1.82) is 0 Å². The van der Waals surface area contributed by atoms with Gasteiger partial charge in [-0.2, -0.15) is 0 Å². The molecule has 0 fully saturated rings. The Morgan fingerprint density at radius 1 is 0.342 bits per heavy atom. The lowest BCUT2D eigenvalue weighted by molar-refractivity contribution is -0.131. The average Bonchev–Trinajstić information content (AvgIpc) is 0.671. The number of aryl methyl sites for hydroxylation is 2. The maximum Gasteiger partial charge on any atom is 0.262 e. The maximum atomic E-state index is 16.1. The minimum absolute atomic E-state index is 0.00240. The molecule has 20 heteroatoms. The Balaban J connectivity index is 1.10. The third kappa shape index (κ3) is 17.0. The molecular weight excluding hydrogens is 1440 g/mol. The van der Waals surface area contributed by atoms with Crippen LogP contribution in [0.3, 0.4) is 0 Å². The molecule has 2 N–H and O–H groups in total. The molecule has 2 heterocycles. The van der Waals surface area contributed by atoms with Crippen molar-refractivity contribution in [3.05, 3.63) is 286 Å². The number of hydrogen-bond donors (Lipinski definition) is 2. The Morgan fingerprint density at radius 3 is 0.877 bits per heavy atom. The quantitative estimate of drug-likeness (QED) is 0.0165. The summed E-state index contributed by atoms with van der Waals surface area (Å²) in [6.07, 6.45) is 3.56. The number of amides is 8. The number of rotatable bonds is 34. The van der Waals surface area contributed by atoms with Gasteiger partial charge in [0.25, 0.3) is 23.6 Å². The SMILES string of the molecule is C=C(C)C(=O)CCCc1ccc(Oc2cc3c4c(cc(Oc5ccc(CCCC(=O)C(=C)C)cc5)c5c6c(Oc7ccc(CCNC(=O)C(=C)C)cc7)cc7c8c(cc(Oc9ccc(CCNC(=O)C(=C)C)cc9)c(c2c45)c86)C(=O)N(CC(=O)N(C)Cc2ccccc2)C7=O)C(=O)N(CC(=O)N(C)Cc2ccccc2)C3=O)cc1. The monoisotopic (exact) mass is 1520 g/mol. The van der Waals surface area contributed by atoms with E-state index in [1.807, 2.05) is 109 Å². The van der Waals surface area contributed by atoms with Gasteiger partial charge in [0, 0.05) is 107 Å². The molecular formula is C94H86N6O14. The van der Waals surface area contributed by atoms with Gasteiger partial charge < -0.3 is 39.4 Å². The molecule has 0 bridgehead atoms. The first-order valence-corrected chi connectivity index (χ1v) is 37.7. The van der Waals surface area contributed by atoms with Crippen LogP contribution in [0.2, 0.25) is 0 Å². The van der Waals surface area contributed by atoms with Crippen LogP contribution in [-0.4, -0.2) is 119 Å². The Morgan fingerprint density at radius 2 is 0.614 bits per heavy atom. The van der Waals surface area contributed by atoms with Crippen LogP contribution >= 0.6 is 0 Å². The molecule has 0 atom stereocenters. The number of hydrogen-bond acceptors (Lipinski definition) is 14. The summed E-state index contributed by atoms with van der Waals surface area (Å²) in [6, 6.07) is 53.3. The van der Waals surface area contributed by atoms with Gasteiger partial charge in [-0.05, 0) is 184 Å². The van der Waals surface area contributed by atoms with E-state index in [2.05, 4.69) is 36.9 Å². The lowest BCUT2D eigenvalue weighted by Gasteiger charge is -2.33.